The highest BCUT2D eigenvalue weighted by atomic mass is 79.9. The topological polar surface area (TPSA) is 58.0 Å². The van der Waals surface area contributed by atoms with Crippen molar-refractivity contribution in [1.29, 1.82) is 0 Å². The molecule has 2 aliphatic rings. The SMILES string of the molecule is CCO/N=C(/c1ccc(Br)cc1)C1CCN(C2(C)CCN(C(=O)c3c(Cl)cncc3Cl)CC2)CC1. The van der Waals surface area contributed by atoms with Gasteiger partial charge in [0.1, 0.15) is 6.61 Å². The first-order valence-electron chi connectivity index (χ1n) is 12.1. The molecule has 2 fully saturated rings. The Balaban J connectivity index is 1.38. The van der Waals surface area contributed by atoms with E-state index in [1.807, 2.05) is 24.0 Å². The molecule has 1 amide bonds. The Labute approximate surface area is 225 Å². The lowest BCUT2D eigenvalue weighted by Gasteiger charge is -2.49. The van der Waals surface area contributed by atoms with Crippen molar-refractivity contribution in [3.05, 3.63) is 62.3 Å². The van der Waals surface area contributed by atoms with Crippen LogP contribution in [0, 0.1) is 5.92 Å². The lowest BCUT2D eigenvalue weighted by molar-refractivity contribution is 0.0162. The number of rotatable bonds is 6. The Kier molecular flexibility index (Phi) is 8.74. The van der Waals surface area contributed by atoms with Crippen LogP contribution in [-0.2, 0) is 4.84 Å². The zero-order valence-electron chi connectivity index (χ0n) is 20.1. The minimum Gasteiger partial charge on any atom is -0.396 e. The first-order chi connectivity index (χ1) is 16.8. The van der Waals surface area contributed by atoms with Gasteiger partial charge in [-0.3, -0.25) is 14.7 Å². The minimum absolute atomic E-state index is 0.0580. The van der Waals surface area contributed by atoms with Gasteiger partial charge in [0, 0.05) is 41.4 Å². The zero-order chi connectivity index (χ0) is 25.0. The number of carbonyl (C=O) groups is 1. The second kappa shape index (κ2) is 11.6. The minimum atomic E-state index is -0.116. The summed E-state index contributed by atoms with van der Waals surface area (Å²) in [5.74, 6) is 0.245. The van der Waals surface area contributed by atoms with Crippen LogP contribution >= 0.6 is 39.1 Å². The number of hydrogen-bond acceptors (Lipinski definition) is 5. The van der Waals surface area contributed by atoms with Gasteiger partial charge in [0.2, 0.25) is 0 Å². The number of piperidine rings is 2. The van der Waals surface area contributed by atoms with E-state index >= 15 is 0 Å². The lowest BCUT2D eigenvalue weighted by Crippen LogP contribution is -2.56. The van der Waals surface area contributed by atoms with Crippen LogP contribution in [0.1, 0.15) is 55.5 Å². The molecule has 1 aromatic heterocycles. The van der Waals surface area contributed by atoms with Gasteiger partial charge in [-0.05, 0) is 70.3 Å². The normalized spacial score (nSPS) is 19.6. The van der Waals surface area contributed by atoms with Crippen LogP contribution in [0.4, 0.5) is 0 Å². The number of aromatic nitrogens is 1. The number of carbonyl (C=O) groups excluding carboxylic acids is 1. The fraction of sp³-hybridized carbons (Fsp3) is 0.500. The van der Waals surface area contributed by atoms with E-state index in [1.54, 1.807) is 0 Å². The average molecular weight is 582 g/mol. The zero-order valence-corrected chi connectivity index (χ0v) is 23.2. The highest BCUT2D eigenvalue weighted by molar-refractivity contribution is 9.10. The third-order valence-electron chi connectivity index (χ3n) is 7.27. The number of oxime groups is 1. The largest absolute Gasteiger partial charge is 0.396 e. The fourth-order valence-corrected chi connectivity index (χ4v) is 5.88. The predicted octanol–water partition coefficient (Wildman–Crippen LogP) is 6.30. The molecule has 2 saturated heterocycles. The summed E-state index contributed by atoms with van der Waals surface area (Å²) in [6.07, 6.45) is 6.82. The maximum atomic E-state index is 13.1. The van der Waals surface area contributed by atoms with E-state index in [1.165, 1.54) is 12.4 Å². The molecular formula is C26H31BrCl2N4O2. The molecule has 6 nitrogen and oxygen atoms in total. The number of amides is 1. The number of benzene rings is 1. The van der Waals surface area contributed by atoms with Gasteiger partial charge in [-0.25, -0.2) is 0 Å². The van der Waals surface area contributed by atoms with Crippen LogP contribution in [0.3, 0.4) is 0 Å². The maximum Gasteiger partial charge on any atom is 0.257 e. The molecule has 9 heteroatoms. The third-order valence-corrected chi connectivity index (χ3v) is 8.37. The van der Waals surface area contributed by atoms with E-state index < -0.39 is 0 Å². The first kappa shape index (κ1) is 26.4. The summed E-state index contributed by atoms with van der Waals surface area (Å²) in [6.45, 7) is 8.20. The first-order valence-corrected chi connectivity index (χ1v) is 13.7. The summed E-state index contributed by atoms with van der Waals surface area (Å²) in [6, 6.07) is 8.30. The summed E-state index contributed by atoms with van der Waals surface area (Å²) in [5.41, 5.74) is 2.56. The number of pyridine rings is 1. The van der Waals surface area contributed by atoms with Gasteiger partial charge in [0.25, 0.3) is 5.91 Å². The molecule has 35 heavy (non-hydrogen) atoms. The van der Waals surface area contributed by atoms with E-state index in [9.17, 15) is 4.79 Å². The van der Waals surface area contributed by atoms with Gasteiger partial charge >= 0.3 is 0 Å². The summed E-state index contributed by atoms with van der Waals surface area (Å²) in [4.78, 5) is 27.0. The Morgan fingerprint density at radius 1 is 1.11 bits per heavy atom. The molecule has 0 radical (unpaired) electrons. The van der Waals surface area contributed by atoms with Crippen molar-refractivity contribution >= 4 is 50.8 Å². The van der Waals surface area contributed by atoms with E-state index in [4.69, 9.17) is 28.0 Å². The number of halogens is 3. The molecule has 3 heterocycles. The highest BCUT2D eigenvalue weighted by Crippen LogP contribution is 2.35. The molecule has 2 aliphatic heterocycles. The summed E-state index contributed by atoms with van der Waals surface area (Å²) < 4.78 is 1.05. The Bertz CT molecular complexity index is 1040. The standard InChI is InChI=1S/C26H31BrCl2N4O2/c1-3-35-31-24(18-4-6-20(27)7-5-18)19-8-12-33(13-9-19)26(2)10-14-32(15-11-26)25(34)23-21(28)16-30-17-22(23)29/h4-7,16-17,19H,3,8-15H2,1-2H3/b31-24-. The molecule has 0 spiro atoms. The van der Waals surface area contributed by atoms with Crippen LogP contribution in [0.2, 0.25) is 10.0 Å². The monoisotopic (exact) mass is 580 g/mol. The fourth-order valence-electron chi connectivity index (χ4n) is 5.09. The van der Waals surface area contributed by atoms with Crippen molar-refractivity contribution < 1.29 is 9.63 Å². The Morgan fingerprint density at radius 3 is 2.29 bits per heavy atom. The maximum absolute atomic E-state index is 13.1. The molecule has 0 saturated carbocycles. The van der Waals surface area contributed by atoms with Crippen LogP contribution < -0.4 is 0 Å². The van der Waals surface area contributed by atoms with Crippen LogP contribution in [-0.4, -0.2) is 64.7 Å². The van der Waals surface area contributed by atoms with Crippen LogP contribution in [0.15, 0.2) is 46.3 Å². The number of likely N-dealkylation sites (tertiary alicyclic amines) is 2. The van der Waals surface area contributed by atoms with Gasteiger partial charge in [-0.15, -0.1) is 0 Å². The van der Waals surface area contributed by atoms with Crippen molar-refractivity contribution in [3.8, 4) is 0 Å². The van der Waals surface area contributed by atoms with Crippen LogP contribution in [0.25, 0.3) is 0 Å². The smallest absolute Gasteiger partial charge is 0.257 e. The van der Waals surface area contributed by atoms with Crippen molar-refractivity contribution in [1.82, 2.24) is 14.8 Å². The van der Waals surface area contributed by atoms with Crippen molar-refractivity contribution in [2.75, 3.05) is 32.8 Å². The molecular weight excluding hydrogens is 551 g/mol. The Hall–Kier alpha value is -1.67. The second-order valence-electron chi connectivity index (χ2n) is 9.43. The Morgan fingerprint density at radius 2 is 1.71 bits per heavy atom. The van der Waals surface area contributed by atoms with Crippen molar-refractivity contribution in [3.63, 3.8) is 0 Å². The number of nitrogens with zero attached hydrogens (tertiary/aromatic N) is 4. The number of hydrogen-bond donors (Lipinski definition) is 0. The van der Waals surface area contributed by atoms with Gasteiger partial charge < -0.3 is 9.74 Å². The molecule has 0 unspecified atom stereocenters. The van der Waals surface area contributed by atoms with E-state index in [0.717, 1.165) is 54.5 Å². The summed E-state index contributed by atoms with van der Waals surface area (Å²) >= 11 is 16.0. The molecule has 4 rings (SSSR count). The molecule has 0 aliphatic carbocycles. The van der Waals surface area contributed by atoms with E-state index in [2.05, 4.69) is 50.0 Å². The van der Waals surface area contributed by atoms with Crippen LogP contribution in [0.5, 0.6) is 0 Å². The predicted molar refractivity (Wildman–Crippen MR) is 144 cm³/mol. The van der Waals surface area contributed by atoms with Gasteiger partial charge in [-0.1, -0.05) is 56.4 Å². The lowest BCUT2D eigenvalue weighted by atomic mass is 9.82. The second-order valence-corrected chi connectivity index (χ2v) is 11.2. The quantitative estimate of drug-likeness (QED) is 0.297. The highest BCUT2D eigenvalue weighted by Gasteiger charge is 2.39. The van der Waals surface area contributed by atoms with E-state index in [-0.39, 0.29) is 11.4 Å². The average Bonchev–Trinajstić information content (AvgIpc) is 2.86. The summed E-state index contributed by atoms with van der Waals surface area (Å²) in [5, 5.41) is 5.10. The van der Waals surface area contributed by atoms with Crippen molar-refractivity contribution in [2.45, 2.75) is 45.1 Å². The van der Waals surface area contributed by atoms with Crippen molar-refractivity contribution in [2.24, 2.45) is 11.1 Å². The molecule has 0 N–H and O–H groups in total. The van der Waals surface area contributed by atoms with E-state index in [0.29, 0.717) is 41.2 Å². The molecule has 0 atom stereocenters. The van der Waals surface area contributed by atoms with Gasteiger partial charge in [0.15, 0.2) is 0 Å². The summed E-state index contributed by atoms with van der Waals surface area (Å²) in [7, 11) is 0. The van der Waals surface area contributed by atoms with Gasteiger partial charge in [-0.2, -0.15) is 0 Å². The molecule has 1 aromatic carbocycles. The molecule has 188 valence electrons. The molecule has 2 aromatic rings. The molecule has 0 bridgehead atoms. The van der Waals surface area contributed by atoms with Gasteiger partial charge in [0.05, 0.1) is 21.3 Å². The third kappa shape index (κ3) is 6.01.